The number of pyridine rings is 1. The highest BCUT2D eigenvalue weighted by atomic mass is 32.1. The normalized spacial score (nSPS) is 19.6. The monoisotopic (exact) mass is 398 g/mol. The summed E-state index contributed by atoms with van der Waals surface area (Å²) in [6.07, 6.45) is 8.12. The molecule has 0 saturated carbocycles. The Morgan fingerprint density at radius 2 is 1.93 bits per heavy atom. The fraction of sp³-hybridized carbons (Fsp3) is 0.450. The van der Waals surface area contributed by atoms with E-state index in [0.717, 1.165) is 38.8 Å². The number of ketones is 1. The number of nitrogens with zero attached hydrogens (tertiary/aromatic N) is 3. The van der Waals surface area contributed by atoms with Crippen molar-refractivity contribution in [2.45, 2.75) is 38.5 Å². The Kier molecular flexibility index (Phi) is 5.47. The summed E-state index contributed by atoms with van der Waals surface area (Å²) in [4.78, 5) is 48.6. The van der Waals surface area contributed by atoms with E-state index in [4.69, 9.17) is 0 Å². The first-order valence-electron chi connectivity index (χ1n) is 9.65. The Morgan fingerprint density at radius 1 is 1.14 bits per heavy atom. The lowest BCUT2D eigenvalue weighted by atomic mass is 9.89. The van der Waals surface area contributed by atoms with Crippen LogP contribution in [0.2, 0.25) is 0 Å². The van der Waals surface area contributed by atoms with Gasteiger partial charge >= 0.3 is 0 Å². The molecule has 2 amide bonds. The molecule has 4 rings (SSSR count). The molecule has 1 fully saturated rings. The molecule has 7 nitrogen and oxygen atoms in total. The smallest absolute Gasteiger partial charge is 0.259 e. The molecule has 1 aliphatic carbocycles. The number of anilines is 1. The van der Waals surface area contributed by atoms with Gasteiger partial charge in [-0.25, -0.2) is 4.98 Å². The first kappa shape index (κ1) is 18.7. The Bertz CT molecular complexity index is 888. The highest BCUT2D eigenvalue weighted by Crippen LogP contribution is 2.33. The summed E-state index contributed by atoms with van der Waals surface area (Å²) in [5.74, 6) is -0.658. The second kappa shape index (κ2) is 8.18. The molecule has 0 spiro atoms. The van der Waals surface area contributed by atoms with Crippen molar-refractivity contribution in [1.82, 2.24) is 14.9 Å². The van der Waals surface area contributed by atoms with Gasteiger partial charge in [0.1, 0.15) is 0 Å². The van der Waals surface area contributed by atoms with Gasteiger partial charge in [-0.2, -0.15) is 0 Å². The molecule has 2 aromatic heterocycles. The topological polar surface area (TPSA) is 92.3 Å². The maximum absolute atomic E-state index is 12.9. The number of aromatic nitrogens is 2. The van der Waals surface area contributed by atoms with E-state index in [1.807, 2.05) is 4.90 Å². The lowest BCUT2D eigenvalue weighted by Crippen LogP contribution is -2.40. The van der Waals surface area contributed by atoms with Gasteiger partial charge < -0.3 is 4.90 Å². The van der Waals surface area contributed by atoms with Crippen LogP contribution in [-0.4, -0.2) is 45.6 Å². The molecule has 0 radical (unpaired) electrons. The fourth-order valence-corrected chi connectivity index (χ4v) is 4.71. The van der Waals surface area contributed by atoms with Crippen LogP contribution in [0.1, 0.15) is 57.8 Å². The minimum absolute atomic E-state index is 0.0613. The minimum Gasteiger partial charge on any atom is -0.342 e. The van der Waals surface area contributed by atoms with Crippen molar-refractivity contribution in [1.29, 1.82) is 0 Å². The summed E-state index contributed by atoms with van der Waals surface area (Å²) >= 11 is 1.18. The number of hydrogen-bond acceptors (Lipinski definition) is 6. The number of likely N-dealkylation sites (tertiary alicyclic amines) is 1. The second-order valence-electron chi connectivity index (χ2n) is 7.26. The molecule has 1 atom stereocenters. The molecule has 1 aliphatic heterocycles. The summed E-state index contributed by atoms with van der Waals surface area (Å²) in [5.41, 5.74) is 1.05. The maximum Gasteiger partial charge on any atom is 0.259 e. The van der Waals surface area contributed by atoms with E-state index < -0.39 is 0 Å². The lowest BCUT2D eigenvalue weighted by Gasteiger charge is -2.27. The molecule has 2 aromatic rings. The highest BCUT2D eigenvalue weighted by Gasteiger charge is 2.35. The van der Waals surface area contributed by atoms with Crippen LogP contribution in [0.15, 0.2) is 24.5 Å². The molecule has 3 heterocycles. The van der Waals surface area contributed by atoms with E-state index in [1.54, 1.807) is 18.3 Å². The van der Waals surface area contributed by atoms with Crippen molar-refractivity contribution in [3.63, 3.8) is 0 Å². The first-order valence-corrected chi connectivity index (χ1v) is 10.5. The summed E-state index contributed by atoms with van der Waals surface area (Å²) in [5, 5.41) is 3.12. The Morgan fingerprint density at radius 3 is 2.64 bits per heavy atom. The van der Waals surface area contributed by atoms with Crippen molar-refractivity contribution < 1.29 is 14.4 Å². The Labute approximate surface area is 167 Å². The average Bonchev–Trinajstić information content (AvgIpc) is 2.93. The van der Waals surface area contributed by atoms with Crippen molar-refractivity contribution in [2.24, 2.45) is 5.92 Å². The maximum atomic E-state index is 12.9. The lowest BCUT2D eigenvalue weighted by molar-refractivity contribution is -0.135. The Hall–Kier alpha value is -2.61. The zero-order chi connectivity index (χ0) is 19.5. The molecule has 1 unspecified atom stereocenters. The molecule has 28 heavy (non-hydrogen) atoms. The zero-order valence-corrected chi connectivity index (χ0v) is 16.3. The number of Topliss-reactive ketones (excluding diaryl/α,β-unsaturated/α-hetero) is 1. The van der Waals surface area contributed by atoms with Crippen LogP contribution < -0.4 is 5.32 Å². The van der Waals surface area contributed by atoms with Gasteiger partial charge in [0.05, 0.1) is 22.1 Å². The third kappa shape index (κ3) is 3.96. The van der Waals surface area contributed by atoms with Gasteiger partial charge in [-0.1, -0.05) is 24.2 Å². The van der Waals surface area contributed by atoms with Crippen molar-refractivity contribution in [3.8, 4) is 0 Å². The number of amides is 2. The van der Waals surface area contributed by atoms with Crippen LogP contribution in [0.4, 0.5) is 5.13 Å². The molecule has 0 bridgehead atoms. The predicted octanol–water partition coefficient (Wildman–Crippen LogP) is 2.94. The third-order valence-electron chi connectivity index (χ3n) is 5.23. The van der Waals surface area contributed by atoms with E-state index in [-0.39, 0.29) is 29.9 Å². The van der Waals surface area contributed by atoms with Gasteiger partial charge in [0.25, 0.3) is 5.91 Å². The largest absolute Gasteiger partial charge is 0.342 e. The highest BCUT2D eigenvalue weighted by molar-refractivity contribution is 7.17. The van der Waals surface area contributed by atoms with E-state index >= 15 is 0 Å². The molecule has 1 saturated heterocycles. The number of fused-ring (bicyclic) bond motifs is 1. The Balaban J connectivity index is 1.47. The van der Waals surface area contributed by atoms with Crippen LogP contribution in [-0.2, 0) is 11.2 Å². The van der Waals surface area contributed by atoms with Crippen LogP contribution in [0.5, 0.6) is 0 Å². The van der Waals surface area contributed by atoms with Gasteiger partial charge in [-0.3, -0.25) is 24.7 Å². The summed E-state index contributed by atoms with van der Waals surface area (Å²) in [6, 6.07) is 3.35. The number of carbonyl (C=O) groups is 3. The fourth-order valence-electron chi connectivity index (χ4n) is 3.77. The van der Waals surface area contributed by atoms with Gasteiger partial charge in [-0.15, -0.1) is 0 Å². The molecule has 8 heteroatoms. The molecule has 0 aromatic carbocycles. The summed E-state index contributed by atoms with van der Waals surface area (Å²) < 4.78 is 0. The average molecular weight is 398 g/mol. The molecular weight excluding hydrogens is 376 g/mol. The molecular formula is C20H22N4O3S. The minimum atomic E-state index is -0.345. The summed E-state index contributed by atoms with van der Waals surface area (Å²) in [7, 11) is 0. The van der Waals surface area contributed by atoms with E-state index in [2.05, 4.69) is 15.3 Å². The standard InChI is InChI=1S/C20H22N4O3S/c25-16-11-14(19(27)24-8-3-1-2-4-9-24)10-15-17(16)28-20(22-15)23-18(26)13-6-5-7-21-12-13/h5-7,12,14H,1-4,8-11H2,(H,22,23,26). The number of carbonyl (C=O) groups excluding carboxylic acids is 3. The molecule has 2 aliphatic rings. The predicted molar refractivity (Wildman–Crippen MR) is 105 cm³/mol. The van der Waals surface area contributed by atoms with Crippen LogP contribution in [0.3, 0.4) is 0 Å². The van der Waals surface area contributed by atoms with Crippen LogP contribution in [0.25, 0.3) is 0 Å². The third-order valence-corrected chi connectivity index (χ3v) is 6.29. The van der Waals surface area contributed by atoms with Crippen LogP contribution >= 0.6 is 11.3 Å². The van der Waals surface area contributed by atoms with Gasteiger partial charge in [0.2, 0.25) is 5.91 Å². The van der Waals surface area contributed by atoms with Gasteiger partial charge in [0.15, 0.2) is 10.9 Å². The number of hydrogen-bond donors (Lipinski definition) is 1. The number of nitrogens with one attached hydrogen (secondary N) is 1. The number of thiazole rings is 1. The van der Waals surface area contributed by atoms with E-state index in [0.29, 0.717) is 27.7 Å². The summed E-state index contributed by atoms with van der Waals surface area (Å²) in [6.45, 7) is 1.56. The van der Waals surface area contributed by atoms with Crippen molar-refractivity contribution >= 4 is 34.1 Å². The molecule has 1 N–H and O–H groups in total. The van der Waals surface area contributed by atoms with Gasteiger partial charge in [-0.05, 0) is 25.0 Å². The van der Waals surface area contributed by atoms with Crippen LogP contribution in [0, 0.1) is 5.92 Å². The van der Waals surface area contributed by atoms with Crippen molar-refractivity contribution in [3.05, 3.63) is 40.7 Å². The second-order valence-corrected chi connectivity index (χ2v) is 8.26. The first-order chi connectivity index (χ1) is 13.6. The van der Waals surface area contributed by atoms with Gasteiger partial charge in [0, 0.05) is 38.3 Å². The zero-order valence-electron chi connectivity index (χ0n) is 15.5. The molecule has 146 valence electrons. The SMILES string of the molecule is O=C(Nc1nc2c(s1)C(=O)CC(C(=O)N1CCCCCC1)C2)c1cccnc1. The van der Waals surface area contributed by atoms with Crippen molar-refractivity contribution in [2.75, 3.05) is 18.4 Å². The number of rotatable bonds is 3. The van der Waals surface area contributed by atoms with E-state index in [1.165, 1.54) is 17.5 Å². The van der Waals surface area contributed by atoms with E-state index in [9.17, 15) is 14.4 Å². The quantitative estimate of drug-likeness (QED) is 0.858.